The van der Waals surface area contributed by atoms with Crippen molar-refractivity contribution in [3.05, 3.63) is 72.3 Å². The molecule has 1 fully saturated rings. The average molecular weight is 367 g/mol. The van der Waals surface area contributed by atoms with Crippen molar-refractivity contribution >= 4 is 5.82 Å². The Labute approximate surface area is 156 Å². The summed E-state index contributed by atoms with van der Waals surface area (Å²) in [5.41, 5.74) is 1.72. The Morgan fingerprint density at radius 3 is 2.52 bits per heavy atom. The first-order valence-corrected chi connectivity index (χ1v) is 8.73. The second-order valence-electron chi connectivity index (χ2n) is 6.66. The first kappa shape index (κ1) is 17.5. The fraction of sp³-hybridized carbons (Fsp3) is 0.250. The molecule has 1 saturated heterocycles. The molecule has 0 radical (unpaired) electrons. The van der Waals surface area contributed by atoms with Gasteiger partial charge in [-0.1, -0.05) is 6.07 Å². The van der Waals surface area contributed by atoms with Crippen molar-refractivity contribution in [1.29, 1.82) is 0 Å². The number of rotatable bonds is 5. The van der Waals surface area contributed by atoms with E-state index in [-0.39, 0.29) is 17.3 Å². The van der Waals surface area contributed by atoms with Crippen LogP contribution in [0.25, 0.3) is 11.3 Å². The third-order valence-electron chi connectivity index (χ3n) is 4.81. The topological polar surface area (TPSA) is 45.2 Å². The molecule has 5 nitrogen and oxygen atoms in total. The molecule has 1 aliphatic rings. The maximum atomic E-state index is 14.9. The van der Waals surface area contributed by atoms with Gasteiger partial charge in [-0.25, -0.2) is 18.7 Å². The number of pyridine rings is 1. The Morgan fingerprint density at radius 2 is 1.81 bits per heavy atom. The molecule has 4 rings (SSSR count). The van der Waals surface area contributed by atoms with E-state index < -0.39 is 5.82 Å². The average Bonchev–Trinajstić information content (AvgIpc) is 2.64. The van der Waals surface area contributed by atoms with Crippen LogP contribution >= 0.6 is 0 Å². The van der Waals surface area contributed by atoms with Crippen LogP contribution in [0, 0.1) is 11.6 Å². The number of nitrogens with zero attached hydrogens (tertiary/aromatic N) is 5. The van der Waals surface area contributed by atoms with Crippen LogP contribution in [0.3, 0.4) is 0 Å². The maximum Gasteiger partial charge on any atom is 0.191 e. The van der Waals surface area contributed by atoms with E-state index in [1.807, 2.05) is 30.1 Å². The highest BCUT2D eigenvalue weighted by atomic mass is 19.1. The number of hydrogen-bond acceptors (Lipinski definition) is 5. The van der Waals surface area contributed by atoms with Gasteiger partial charge < -0.3 is 4.90 Å². The Hall–Kier alpha value is -2.93. The molecular weight excluding hydrogens is 348 g/mol. The SMILES string of the molecule is CN(Cc1ccccn1)C1CN(c2ncnc(-c3ccc(F)cc3)c2F)C1. The Bertz CT molecular complexity index is 911. The molecule has 0 atom stereocenters. The lowest BCUT2D eigenvalue weighted by molar-refractivity contribution is 0.194. The highest BCUT2D eigenvalue weighted by molar-refractivity contribution is 5.64. The molecular formula is C20H19F2N5. The highest BCUT2D eigenvalue weighted by Gasteiger charge is 2.33. The molecule has 0 amide bonds. The molecule has 3 aromatic rings. The van der Waals surface area contributed by atoms with E-state index in [9.17, 15) is 8.78 Å². The zero-order valence-electron chi connectivity index (χ0n) is 14.9. The fourth-order valence-electron chi connectivity index (χ4n) is 3.17. The second kappa shape index (κ2) is 7.36. The smallest absolute Gasteiger partial charge is 0.191 e. The van der Waals surface area contributed by atoms with Crippen LogP contribution in [0.1, 0.15) is 5.69 Å². The van der Waals surface area contributed by atoms with Gasteiger partial charge in [-0.3, -0.25) is 9.88 Å². The van der Waals surface area contributed by atoms with Gasteiger partial charge in [0, 0.05) is 37.4 Å². The van der Waals surface area contributed by atoms with Gasteiger partial charge >= 0.3 is 0 Å². The second-order valence-corrected chi connectivity index (χ2v) is 6.66. The minimum absolute atomic E-state index is 0.185. The van der Waals surface area contributed by atoms with Gasteiger partial charge in [-0.15, -0.1) is 0 Å². The molecule has 138 valence electrons. The molecule has 0 N–H and O–H groups in total. The number of benzene rings is 1. The zero-order valence-corrected chi connectivity index (χ0v) is 14.9. The minimum atomic E-state index is -0.477. The molecule has 2 aromatic heterocycles. The minimum Gasteiger partial charge on any atom is -0.351 e. The summed E-state index contributed by atoms with van der Waals surface area (Å²) in [6.45, 7) is 2.10. The molecule has 0 bridgehead atoms. The van der Waals surface area contributed by atoms with Gasteiger partial charge in [0.1, 0.15) is 17.8 Å². The number of halogens is 2. The van der Waals surface area contributed by atoms with E-state index in [1.54, 1.807) is 6.20 Å². The van der Waals surface area contributed by atoms with Crippen LogP contribution < -0.4 is 4.90 Å². The summed E-state index contributed by atoms with van der Waals surface area (Å²) in [6.07, 6.45) is 3.13. The van der Waals surface area contributed by atoms with Crippen molar-refractivity contribution in [2.24, 2.45) is 0 Å². The lowest BCUT2D eigenvalue weighted by atomic mass is 10.1. The van der Waals surface area contributed by atoms with Crippen molar-refractivity contribution in [3.63, 3.8) is 0 Å². The lowest BCUT2D eigenvalue weighted by Crippen LogP contribution is -2.58. The van der Waals surface area contributed by atoms with Gasteiger partial charge in [0.25, 0.3) is 0 Å². The molecule has 1 aliphatic heterocycles. The van der Waals surface area contributed by atoms with E-state index in [4.69, 9.17) is 0 Å². The van der Waals surface area contributed by atoms with Crippen molar-refractivity contribution < 1.29 is 8.78 Å². The molecule has 27 heavy (non-hydrogen) atoms. The third-order valence-corrected chi connectivity index (χ3v) is 4.81. The molecule has 3 heterocycles. The highest BCUT2D eigenvalue weighted by Crippen LogP contribution is 2.29. The molecule has 0 unspecified atom stereocenters. The number of hydrogen-bond donors (Lipinski definition) is 0. The van der Waals surface area contributed by atoms with Gasteiger partial charge in [0.2, 0.25) is 0 Å². The predicted octanol–water partition coefficient (Wildman–Crippen LogP) is 3.14. The van der Waals surface area contributed by atoms with E-state index >= 15 is 0 Å². The molecule has 1 aromatic carbocycles. The summed E-state index contributed by atoms with van der Waals surface area (Å²) in [7, 11) is 2.04. The summed E-state index contributed by atoms with van der Waals surface area (Å²) < 4.78 is 28.0. The van der Waals surface area contributed by atoms with Crippen LogP contribution in [0.4, 0.5) is 14.6 Å². The zero-order chi connectivity index (χ0) is 18.8. The van der Waals surface area contributed by atoms with Crippen LogP contribution in [-0.4, -0.2) is 46.0 Å². The third kappa shape index (κ3) is 3.64. The van der Waals surface area contributed by atoms with Gasteiger partial charge in [0.05, 0.1) is 5.69 Å². The monoisotopic (exact) mass is 367 g/mol. The number of anilines is 1. The van der Waals surface area contributed by atoms with E-state index in [0.29, 0.717) is 24.7 Å². The van der Waals surface area contributed by atoms with E-state index in [2.05, 4.69) is 19.9 Å². The Balaban J connectivity index is 1.45. The summed E-state index contributed by atoms with van der Waals surface area (Å²) in [5, 5.41) is 0. The van der Waals surface area contributed by atoms with Crippen LogP contribution in [0.15, 0.2) is 55.0 Å². The summed E-state index contributed by atoms with van der Waals surface area (Å²) in [5.74, 6) is -0.559. The molecule has 0 saturated carbocycles. The van der Waals surface area contributed by atoms with Gasteiger partial charge in [0.15, 0.2) is 11.6 Å². The van der Waals surface area contributed by atoms with Gasteiger partial charge in [-0.2, -0.15) is 0 Å². The van der Waals surface area contributed by atoms with Crippen LogP contribution in [0.5, 0.6) is 0 Å². The van der Waals surface area contributed by atoms with Crippen molar-refractivity contribution in [2.45, 2.75) is 12.6 Å². The quantitative estimate of drug-likeness (QED) is 0.693. The number of aromatic nitrogens is 3. The number of likely N-dealkylation sites (N-methyl/N-ethyl adjacent to an activating group) is 1. The van der Waals surface area contributed by atoms with E-state index in [0.717, 1.165) is 12.2 Å². The summed E-state index contributed by atoms with van der Waals surface area (Å²) in [4.78, 5) is 16.6. The van der Waals surface area contributed by atoms with Crippen molar-refractivity contribution in [3.8, 4) is 11.3 Å². The normalized spacial score (nSPS) is 14.4. The first-order valence-electron chi connectivity index (χ1n) is 8.73. The Kier molecular flexibility index (Phi) is 4.77. The first-order chi connectivity index (χ1) is 13.1. The summed E-state index contributed by atoms with van der Waals surface area (Å²) >= 11 is 0. The van der Waals surface area contributed by atoms with E-state index in [1.165, 1.54) is 30.6 Å². The van der Waals surface area contributed by atoms with Crippen LogP contribution in [-0.2, 0) is 6.54 Å². The molecule has 7 heteroatoms. The fourth-order valence-corrected chi connectivity index (χ4v) is 3.17. The van der Waals surface area contributed by atoms with Crippen molar-refractivity contribution in [2.75, 3.05) is 25.0 Å². The van der Waals surface area contributed by atoms with Crippen LogP contribution in [0.2, 0.25) is 0 Å². The predicted molar refractivity (Wildman–Crippen MR) is 99.1 cm³/mol. The van der Waals surface area contributed by atoms with Crippen molar-refractivity contribution in [1.82, 2.24) is 19.9 Å². The lowest BCUT2D eigenvalue weighted by Gasteiger charge is -2.44. The molecule has 0 aliphatic carbocycles. The Morgan fingerprint density at radius 1 is 1.04 bits per heavy atom. The molecule has 0 spiro atoms. The van der Waals surface area contributed by atoms with Gasteiger partial charge in [-0.05, 0) is 43.4 Å². The standard InChI is InChI=1S/C20H19F2N5/c1-26(10-16-4-2-3-9-23-16)17-11-27(12-17)20-18(22)19(24-13-25-20)14-5-7-15(21)8-6-14/h2-9,13,17H,10-12H2,1H3. The largest absolute Gasteiger partial charge is 0.351 e. The summed E-state index contributed by atoms with van der Waals surface area (Å²) in [6, 6.07) is 11.8. The maximum absolute atomic E-state index is 14.9.